The maximum atomic E-state index is 11.7. The molecular weight excluding hydrogens is 198 g/mol. The summed E-state index contributed by atoms with van der Waals surface area (Å²) in [7, 11) is 0. The Morgan fingerprint density at radius 3 is 2.62 bits per heavy atom. The Labute approximate surface area is 96.7 Å². The van der Waals surface area contributed by atoms with Crippen molar-refractivity contribution in [3.05, 3.63) is 53.6 Å². The number of carbonyl (C=O) groups excluding carboxylic acids is 1. The standard InChI is InChI=1S/C14H17NO/c1-10(2)8-12(4)14(16)15-13-7-5-6-11(3)9-13/h5-9H,4H2,1-3H3,(H,15,16). The topological polar surface area (TPSA) is 29.1 Å². The minimum atomic E-state index is -0.160. The fourth-order valence-electron chi connectivity index (χ4n) is 1.35. The molecule has 0 aromatic heterocycles. The fraction of sp³-hybridized carbons (Fsp3) is 0.214. The molecule has 0 bridgehead atoms. The van der Waals surface area contributed by atoms with Crippen molar-refractivity contribution in [3.63, 3.8) is 0 Å². The van der Waals surface area contributed by atoms with Gasteiger partial charge in [0.1, 0.15) is 0 Å². The lowest BCUT2D eigenvalue weighted by molar-refractivity contribution is -0.112. The summed E-state index contributed by atoms with van der Waals surface area (Å²) in [6, 6.07) is 7.68. The van der Waals surface area contributed by atoms with Gasteiger partial charge in [0.15, 0.2) is 0 Å². The Morgan fingerprint density at radius 2 is 2.06 bits per heavy atom. The zero-order chi connectivity index (χ0) is 12.1. The number of hydrogen-bond donors (Lipinski definition) is 1. The Balaban J connectivity index is 2.72. The van der Waals surface area contributed by atoms with Gasteiger partial charge in [0, 0.05) is 11.3 Å². The quantitative estimate of drug-likeness (QED) is 0.607. The van der Waals surface area contributed by atoms with E-state index in [2.05, 4.69) is 11.9 Å². The average Bonchev–Trinajstić information content (AvgIpc) is 2.16. The highest BCUT2D eigenvalue weighted by atomic mass is 16.1. The molecule has 0 aliphatic heterocycles. The van der Waals surface area contributed by atoms with Crippen LogP contribution in [0.2, 0.25) is 0 Å². The van der Waals surface area contributed by atoms with E-state index in [1.807, 2.05) is 45.0 Å². The minimum Gasteiger partial charge on any atom is -0.322 e. The summed E-state index contributed by atoms with van der Waals surface area (Å²) in [5, 5.41) is 2.80. The van der Waals surface area contributed by atoms with Crippen LogP contribution in [0.3, 0.4) is 0 Å². The van der Waals surface area contributed by atoms with E-state index in [0.717, 1.165) is 16.8 Å². The van der Waals surface area contributed by atoms with E-state index >= 15 is 0 Å². The molecule has 0 unspecified atom stereocenters. The molecule has 0 atom stereocenters. The van der Waals surface area contributed by atoms with Crippen molar-refractivity contribution >= 4 is 11.6 Å². The first-order chi connectivity index (χ1) is 7.49. The molecule has 0 aliphatic rings. The fourth-order valence-corrected chi connectivity index (χ4v) is 1.35. The van der Waals surface area contributed by atoms with Gasteiger partial charge in [-0.05, 0) is 38.5 Å². The number of aryl methyl sites for hydroxylation is 1. The smallest absolute Gasteiger partial charge is 0.255 e. The molecule has 1 amide bonds. The molecule has 0 heterocycles. The number of hydrogen-bond acceptors (Lipinski definition) is 1. The molecule has 1 aromatic rings. The maximum absolute atomic E-state index is 11.7. The van der Waals surface area contributed by atoms with E-state index in [9.17, 15) is 4.79 Å². The van der Waals surface area contributed by atoms with E-state index in [0.29, 0.717) is 5.57 Å². The molecule has 0 saturated heterocycles. The summed E-state index contributed by atoms with van der Waals surface area (Å²) in [6.45, 7) is 9.58. The molecule has 1 N–H and O–H groups in total. The van der Waals surface area contributed by atoms with Gasteiger partial charge in [0.05, 0.1) is 0 Å². The molecule has 2 heteroatoms. The summed E-state index contributed by atoms with van der Waals surface area (Å²) in [5.74, 6) is -0.160. The number of nitrogens with one attached hydrogen (secondary N) is 1. The molecule has 0 radical (unpaired) electrons. The lowest BCUT2D eigenvalue weighted by Crippen LogP contribution is -2.12. The van der Waals surface area contributed by atoms with Crippen molar-refractivity contribution in [1.29, 1.82) is 0 Å². The first-order valence-corrected chi connectivity index (χ1v) is 5.21. The number of amides is 1. The van der Waals surface area contributed by atoms with Crippen LogP contribution >= 0.6 is 0 Å². The van der Waals surface area contributed by atoms with Crippen molar-refractivity contribution in [2.24, 2.45) is 0 Å². The molecule has 0 aliphatic carbocycles. The normalized spacial score (nSPS) is 9.44. The second-order valence-corrected chi connectivity index (χ2v) is 4.07. The molecule has 84 valence electrons. The number of benzene rings is 1. The van der Waals surface area contributed by atoms with Crippen LogP contribution in [0.15, 0.2) is 48.1 Å². The maximum Gasteiger partial charge on any atom is 0.255 e. The Kier molecular flexibility index (Phi) is 4.06. The van der Waals surface area contributed by atoms with Crippen LogP contribution in [-0.2, 0) is 4.79 Å². The lowest BCUT2D eigenvalue weighted by Gasteiger charge is -2.06. The second kappa shape index (κ2) is 5.31. The van der Waals surface area contributed by atoms with Crippen molar-refractivity contribution in [1.82, 2.24) is 0 Å². The Bertz CT molecular complexity index is 440. The number of carbonyl (C=O) groups is 1. The van der Waals surface area contributed by atoms with Gasteiger partial charge in [-0.15, -0.1) is 0 Å². The van der Waals surface area contributed by atoms with Gasteiger partial charge in [0.2, 0.25) is 0 Å². The third-order valence-corrected chi connectivity index (χ3v) is 2.03. The first-order valence-electron chi connectivity index (χ1n) is 5.21. The Hall–Kier alpha value is -1.83. The molecule has 0 saturated carbocycles. The minimum absolute atomic E-state index is 0.160. The van der Waals surface area contributed by atoms with Crippen molar-refractivity contribution in [2.45, 2.75) is 20.8 Å². The van der Waals surface area contributed by atoms with Crippen LogP contribution in [0, 0.1) is 6.92 Å². The average molecular weight is 215 g/mol. The van der Waals surface area contributed by atoms with Gasteiger partial charge in [0.25, 0.3) is 5.91 Å². The first kappa shape index (κ1) is 12.2. The van der Waals surface area contributed by atoms with Crippen LogP contribution in [0.25, 0.3) is 0 Å². The van der Waals surface area contributed by atoms with Crippen molar-refractivity contribution in [2.75, 3.05) is 5.32 Å². The van der Waals surface area contributed by atoms with Crippen LogP contribution < -0.4 is 5.32 Å². The zero-order valence-electron chi connectivity index (χ0n) is 10.0. The van der Waals surface area contributed by atoms with E-state index in [1.54, 1.807) is 6.08 Å². The van der Waals surface area contributed by atoms with Crippen LogP contribution in [0.1, 0.15) is 19.4 Å². The third-order valence-electron chi connectivity index (χ3n) is 2.03. The molecule has 2 nitrogen and oxygen atoms in total. The van der Waals surface area contributed by atoms with Gasteiger partial charge in [-0.2, -0.15) is 0 Å². The lowest BCUT2D eigenvalue weighted by atomic mass is 10.2. The van der Waals surface area contributed by atoms with Crippen molar-refractivity contribution < 1.29 is 4.79 Å². The summed E-state index contributed by atoms with van der Waals surface area (Å²) in [5.41, 5.74) is 3.45. The predicted octanol–water partition coefficient (Wildman–Crippen LogP) is 3.46. The van der Waals surface area contributed by atoms with Crippen LogP contribution in [-0.4, -0.2) is 5.91 Å². The highest BCUT2D eigenvalue weighted by Gasteiger charge is 2.04. The zero-order valence-corrected chi connectivity index (χ0v) is 10.0. The molecule has 16 heavy (non-hydrogen) atoms. The van der Waals surface area contributed by atoms with Gasteiger partial charge in [-0.3, -0.25) is 4.79 Å². The van der Waals surface area contributed by atoms with Crippen LogP contribution in [0.4, 0.5) is 5.69 Å². The molecule has 1 rings (SSSR count). The monoisotopic (exact) mass is 215 g/mol. The van der Waals surface area contributed by atoms with Gasteiger partial charge in [-0.25, -0.2) is 0 Å². The van der Waals surface area contributed by atoms with E-state index in [-0.39, 0.29) is 5.91 Å². The van der Waals surface area contributed by atoms with E-state index < -0.39 is 0 Å². The number of rotatable bonds is 3. The van der Waals surface area contributed by atoms with Gasteiger partial charge in [-0.1, -0.05) is 30.4 Å². The summed E-state index contributed by atoms with van der Waals surface area (Å²) in [6.07, 6.45) is 1.77. The molecular formula is C14H17NO. The highest BCUT2D eigenvalue weighted by molar-refractivity contribution is 6.05. The summed E-state index contributed by atoms with van der Waals surface area (Å²) >= 11 is 0. The predicted molar refractivity (Wildman–Crippen MR) is 68.4 cm³/mol. The van der Waals surface area contributed by atoms with Gasteiger partial charge < -0.3 is 5.32 Å². The molecule has 0 fully saturated rings. The molecule has 0 spiro atoms. The van der Waals surface area contributed by atoms with E-state index in [1.165, 1.54) is 0 Å². The summed E-state index contributed by atoms with van der Waals surface area (Å²) < 4.78 is 0. The second-order valence-electron chi connectivity index (χ2n) is 4.07. The van der Waals surface area contributed by atoms with Crippen LogP contribution in [0.5, 0.6) is 0 Å². The SMILES string of the molecule is C=C(C=C(C)C)C(=O)Nc1cccc(C)c1. The van der Waals surface area contributed by atoms with Gasteiger partial charge >= 0.3 is 0 Å². The highest BCUT2D eigenvalue weighted by Crippen LogP contribution is 2.11. The largest absolute Gasteiger partial charge is 0.322 e. The van der Waals surface area contributed by atoms with E-state index in [4.69, 9.17) is 0 Å². The Morgan fingerprint density at radius 1 is 1.38 bits per heavy atom. The van der Waals surface area contributed by atoms with Crippen molar-refractivity contribution in [3.8, 4) is 0 Å². The number of allylic oxidation sites excluding steroid dienone is 1. The summed E-state index contributed by atoms with van der Waals surface area (Å²) in [4.78, 5) is 11.7. The number of anilines is 1. The molecule has 1 aromatic carbocycles. The third kappa shape index (κ3) is 3.73.